The van der Waals surface area contributed by atoms with Gasteiger partial charge >= 0.3 is 0 Å². The molecule has 0 aliphatic heterocycles. The molecular weight excluding hydrogens is 257 g/mol. The van der Waals surface area contributed by atoms with Gasteiger partial charge < -0.3 is 16.0 Å². The van der Waals surface area contributed by atoms with Gasteiger partial charge in [0.1, 0.15) is 5.82 Å². The van der Waals surface area contributed by atoms with E-state index in [2.05, 4.69) is 10.2 Å². The van der Waals surface area contributed by atoms with Crippen molar-refractivity contribution >= 4 is 11.6 Å². The van der Waals surface area contributed by atoms with Crippen LogP contribution >= 0.6 is 0 Å². The van der Waals surface area contributed by atoms with E-state index in [9.17, 15) is 9.18 Å². The molecule has 1 amide bonds. The van der Waals surface area contributed by atoms with Crippen LogP contribution in [0.2, 0.25) is 0 Å². The Morgan fingerprint density at radius 1 is 1.35 bits per heavy atom. The Labute approximate surface area is 119 Å². The molecular formula is C15H22FN3O. The molecule has 0 unspecified atom stereocenters. The monoisotopic (exact) mass is 279 g/mol. The number of amides is 1. The molecule has 1 aromatic rings. The molecule has 0 aromatic heterocycles. The third kappa shape index (κ3) is 3.10. The number of nitrogens with one attached hydrogen (secondary N) is 1. The number of nitrogen functional groups attached to an aromatic ring is 1. The third-order valence-corrected chi connectivity index (χ3v) is 4.24. The molecule has 1 aromatic carbocycles. The Balaban J connectivity index is 2.04. The fourth-order valence-corrected chi connectivity index (χ4v) is 2.91. The zero-order valence-electron chi connectivity index (χ0n) is 12.1. The molecule has 0 heterocycles. The van der Waals surface area contributed by atoms with Crippen LogP contribution in [0.3, 0.4) is 0 Å². The number of halogens is 1. The quantitative estimate of drug-likeness (QED) is 0.829. The van der Waals surface area contributed by atoms with Crippen LogP contribution in [0, 0.1) is 5.82 Å². The molecule has 1 saturated carbocycles. The molecule has 0 radical (unpaired) electrons. The molecule has 20 heavy (non-hydrogen) atoms. The van der Waals surface area contributed by atoms with E-state index in [0.29, 0.717) is 6.54 Å². The largest absolute Gasteiger partial charge is 0.399 e. The number of likely N-dealkylation sites (N-methyl/N-ethyl adjacent to an activating group) is 1. The molecule has 0 spiro atoms. The number of nitrogens with zero attached hydrogens (tertiary/aromatic N) is 1. The SMILES string of the molecule is CN(C)C1(CNC(=O)c2cc(N)cc(F)c2)CCCC1. The summed E-state index contributed by atoms with van der Waals surface area (Å²) in [6.07, 6.45) is 4.51. The number of benzene rings is 1. The van der Waals surface area contributed by atoms with Gasteiger partial charge in [-0.15, -0.1) is 0 Å². The average Bonchev–Trinajstić information content (AvgIpc) is 2.84. The van der Waals surface area contributed by atoms with Crippen LogP contribution in [0.15, 0.2) is 18.2 Å². The second-order valence-corrected chi connectivity index (χ2v) is 5.78. The number of rotatable bonds is 4. The van der Waals surface area contributed by atoms with Crippen LogP contribution in [-0.2, 0) is 0 Å². The molecule has 2 rings (SSSR count). The lowest BCUT2D eigenvalue weighted by Crippen LogP contribution is -2.50. The first-order valence-electron chi connectivity index (χ1n) is 6.95. The van der Waals surface area contributed by atoms with Crippen molar-refractivity contribution in [1.82, 2.24) is 10.2 Å². The predicted molar refractivity (Wildman–Crippen MR) is 78.0 cm³/mol. The van der Waals surface area contributed by atoms with Gasteiger partial charge in [-0.3, -0.25) is 4.79 Å². The normalized spacial score (nSPS) is 17.4. The molecule has 1 aliphatic rings. The number of hydrogen-bond donors (Lipinski definition) is 2. The topological polar surface area (TPSA) is 58.4 Å². The second kappa shape index (κ2) is 5.79. The Bertz CT molecular complexity index is 476. The number of anilines is 1. The Morgan fingerprint density at radius 3 is 2.55 bits per heavy atom. The standard InChI is InChI=1S/C15H22FN3O/c1-19(2)15(5-3-4-6-15)10-18-14(20)11-7-12(16)9-13(17)8-11/h7-9H,3-6,10,17H2,1-2H3,(H,18,20). The fourth-order valence-electron chi connectivity index (χ4n) is 2.91. The average molecular weight is 279 g/mol. The number of carbonyl (C=O) groups is 1. The van der Waals surface area contributed by atoms with Crippen molar-refractivity contribution in [3.8, 4) is 0 Å². The lowest BCUT2D eigenvalue weighted by Gasteiger charge is -2.36. The second-order valence-electron chi connectivity index (χ2n) is 5.78. The van der Waals surface area contributed by atoms with E-state index in [1.54, 1.807) is 0 Å². The van der Waals surface area contributed by atoms with Gasteiger partial charge in [0.05, 0.1) is 0 Å². The van der Waals surface area contributed by atoms with Crippen LogP contribution in [0.4, 0.5) is 10.1 Å². The van der Waals surface area contributed by atoms with Crippen molar-refractivity contribution < 1.29 is 9.18 Å². The molecule has 1 fully saturated rings. The third-order valence-electron chi connectivity index (χ3n) is 4.24. The van der Waals surface area contributed by atoms with Crippen LogP contribution < -0.4 is 11.1 Å². The Hall–Kier alpha value is -1.62. The number of hydrogen-bond acceptors (Lipinski definition) is 3. The van der Waals surface area contributed by atoms with Crippen molar-refractivity contribution in [3.63, 3.8) is 0 Å². The van der Waals surface area contributed by atoms with Crippen LogP contribution in [0.25, 0.3) is 0 Å². The first kappa shape index (κ1) is 14.8. The van der Waals surface area contributed by atoms with Gasteiger partial charge in [-0.25, -0.2) is 4.39 Å². The molecule has 0 saturated heterocycles. The summed E-state index contributed by atoms with van der Waals surface area (Å²) in [4.78, 5) is 14.3. The van der Waals surface area contributed by atoms with Crippen molar-refractivity contribution in [2.24, 2.45) is 0 Å². The van der Waals surface area contributed by atoms with Crippen molar-refractivity contribution in [1.29, 1.82) is 0 Å². The minimum absolute atomic E-state index is 0.0224. The lowest BCUT2D eigenvalue weighted by atomic mass is 9.96. The van der Waals surface area contributed by atoms with Gasteiger partial charge in [0.2, 0.25) is 0 Å². The summed E-state index contributed by atoms with van der Waals surface area (Å²) in [5.74, 6) is -0.761. The van der Waals surface area contributed by atoms with Crippen molar-refractivity contribution in [2.45, 2.75) is 31.2 Å². The number of nitrogens with two attached hydrogens (primary N) is 1. The van der Waals surface area contributed by atoms with Gasteiger partial charge in [0.15, 0.2) is 0 Å². The summed E-state index contributed by atoms with van der Waals surface area (Å²) >= 11 is 0. The van der Waals surface area contributed by atoms with Gasteiger partial charge in [0.25, 0.3) is 5.91 Å². The van der Waals surface area contributed by atoms with Gasteiger partial charge in [0, 0.05) is 23.3 Å². The summed E-state index contributed by atoms with van der Waals surface area (Å²) in [6.45, 7) is 0.579. The molecule has 110 valence electrons. The maximum atomic E-state index is 13.3. The molecule has 3 N–H and O–H groups in total. The van der Waals surface area contributed by atoms with Gasteiger partial charge in [-0.05, 0) is 45.1 Å². The maximum Gasteiger partial charge on any atom is 0.251 e. The summed E-state index contributed by atoms with van der Waals surface area (Å²) in [5, 5.41) is 2.91. The highest BCUT2D eigenvalue weighted by molar-refractivity contribution is 5.95. The van der Waals surface area contributed by atoms with Gasteiger partial charge in [-0.2, -0.15) is 0 Å². The highest BCUT2D eigenvalue weighted by Gasteiger charge is 2.36. The van der Waals surface area contributed by atoms with Crippen LogP contribution in [0.5, 0.6) is 0 Å². The molecule has 0 bridgehead atoms. The Kier molecular flexibility index (Phi) is 4.28. The summed E-state index contributed by atoms with van der Waals surface area (Å²) in [7, 11) is 4.08. The molecule has 4 nitrogen and oxygen atoms in total. The summed E-state index contributed by atoms with van der Waals surface area (Å²) in [5.41, 5.74) is 6.12. The minimum Gasteiger partial charge on any atom is -0.399 e. The highest BCUT2D eigenvalue weighted by atomic mass is 19.1. The summed E-state index contributed by atoms with van der Waals surface area (Å²) < 4.78 is 13.3. The zero-order chi connectivity index (χ0) is 14.8. The lowest BCUT2D eigenvalue weighted by molar-refractivity contribution is 0.0899. The summed E-state index contributed by atoms with van der Waals surface area (Å²) in [6, 6.07) is 3.91. The Morgan fingerprint density at radius 2 is 2.00 bits per heavy atom. The predicted octanol–water partition coefficient (Wildman–Crippen LogP) is 2.01. The van der Waals surface area contributed by atoms with E-state index in [0.717, 1.165) is 12.8 Å². The van der Waals surface area contributed by atoms with Crippen molar-refractivity contribution in [2.75, 3.05) is 26.4 Å². The smallest absolute Gasteiger partial charge is 0.251 e. The molecule has 0 atom stereocenters. The first-order chi connectivity index (χ1) is 9.43. The van der Waals surface area contributed by atoms with E-state index in [1.807, 2.05) is 14.1 Å². The van der Waals surface area contributed by atoms with E-state index < -0.39 is 5.82 Å². The minimum atomic E-state index is -0.488. The molecule has 5 heteroatoms. The van der Waals surface area contributed by atoms with Crippen molar-refractivity contribution in [3.05, 3.63) is 29.6 Å². The van der Waals surface area contributed by atoms with Crippen LogP contribution in [-0.4, -0.2) is 37.0 Å². The van der Waals surface area contributed by atoms with Crippen LogP contribution in [0.1, 0.15) is 36.0 Å². The molecule has 1 aliphatic carbocycles. The van der Waals surface area contributed by atoms with E-state index in [-0.39, 0.29) is 22.7 Å². The number of carbonyl (C=O) groups excluding carboxylic acids is 1. The highest BCUT2D eigenvalue weighted by Crippen LogP contribution is 2.33. The van der Waals surface area contributed by atoms with E-state index in [1.165, 1.54) is 31.0 Å². The van der Waals surface area contributed by atoms with E-state index in [4.69, 9.17) is 5.73 Å². The maximum absolute atomic E-state index is 13.3. The zero-order valence-corrected chi connectivity index (χ0v) is 12.1. The van der Waals surface area contributed by atoms with E-state index >= 15 is 0 Å². The van der Waals surface area contributed by atoms with Gasteiger partial charge in [-0.1, -0.05) is 12.8 Å². The first-order valence-corrected chi connectivity index (χ1v) is 6.95. The fraction of sp³-hybridized carbons (Fsp3) is 0.533.